The minimum Gasteiger partial charge on any atom is -0.468 e. The first kappa shape index (κ1) is 10.7. The number of esters is 1. The summed E-state index contributed by atoms with van der Waals surface area (Å²) in [5.74, 6) is -0.127. The molecular weight excluding hydrogens is 254 g/mol. The van der Waals surface area contributed by atoms with Crippen LogP contribution in [0.3, 0.4) is 0 Å². The van der Waals surface area contributed by atoms with Crippen molar-refractivity contribution in [1.29, 1.82) is 0 Å². The van der Waals surface area contributed by atoms with Crippen LogP contribution in [0.1, 0.15) is 0 Å². The minimum absolute atomic E-state index is 0.0362. The molecule has 0 bridgehead atoms. The number of aromatic amines is 1. The van der Waals surface area contributed by atoms with Gasteiger partial charge in [-0.3, -0.25) is 9.59 Å². The van der Waals surface area contributed by atoms with Gasteiger partial charge in [0.1, 0.15) is 16.8 Å². The third-order valence-corrected chi connectivity index (χ3v) is 2.16. The first-order valence-electron chi connectivity index (χ1n) is 3.69. The summed E-state index contributed by atoms with van der Waals surface area (Å²) in [7, 11) is 1.28. The molecule has 0 fully saturated rings. The second-order valence-corrected chi connectivity index (χ2v) is 3.12. The van der Waals surface area contributed by atoms with Gasteiger partial charge in [0.25, 0.3) is 5.56 Å². The number of halogens is 1. The van der Waals surface area contributed by atoms with Gasteiger partial charge in [-0.05, 0) is 15.9 Å². The van der Waals surface area contributed by atoms with Crippen LogP contribution in [0.2, 0.25) is 0 Å². The molecule has 0 unspecified atom stereocenters. The standard InChI is InChI=1S/C7H8BrN3O3/c1-14-4(12)2-9-6-5(8)7(13)11-3-10-6/h3H,2H2,1H3,(H2,9,10,11,13). The van der Waals surface area contributed by atoms with Gasteiger partial charge in [-0.25, -0.2) is 4.98 Å². The molecule has 1 rings (SSSR count). The molecule has 0 atom stereocenters. The molecule has 76 valence electrons. The number of ether oxygens (including phenoxy) is 1. The van der Waals surface area contributed by atoms with Crippen molar-refractivity contribution in [2.45, 2.75) is 0 Å². The third kappa shape index (κ3) is 2.56. The SMILES string of the molecule is COC(=O)CNc1nc[nH]c(=O)c1Br. The molecule has 1 aromatic heterocycles. The van der Waals surface area contributed by atoms with E-state index in [2.05, 4.69) is 36.0 Å². The molecule has 0 aliphatic rings. The van der Waals surface area contributed by atoms with Crippen molar-refractivity contribution < 1.29 is 9.53 Å². The first-order valence-corrected chi connectivity index (χ1v) is 4.48. The Labute approximate surface area is 87.8 Å². The van der Waals surface area contributed by atoms with Crippen LogP contribution in [0.15, 0.2) is 15.6 Å². The maximum atomic E-state index is 11.1. The van der Waals surface area contributed by atoms with E-state index in [0.29, 0.717) is 5.82 Å². The fraction of sp³-hybridized carbons (Fsp3) is 0.286. The van der Waals surface area contributed by atoms with E-state index in [1.165, 1.54) is 13.4 Å². The van der Waals surface area contributed by atoms with Crippen LogP contribution in [0.4, 0.5) is 5.82 Å². The van der Waals surface area contributed by atoms with Gasteiger partial charge in [0.2, 0.25) is 0 Å². The number of nitrogens with zero attached hydrogens (tertiary/aromatic N) is 1. The highest BCUT2D eigenvalue weighted by atomic mass is 79.9. The summed E-state index contributed by atoms with van der Waals surface area (Å²) >= 11 is 3.03. The van der Waals surface area contributed by atoms with Crippen molar-refractivity contribution >= 4 is 27.7 Å². The Morgan fingerprint density at radius 1 is 1.79 bits per heavy atom. The highest BCUT2D eigenvalue weighted by molar-refractivity contribution is 9.10. The van der Waals surface area contributed by atoms with Crippen LogP contribution >= 0.6 is 15.9 Å². The van der Waals surface area contributed by atoms with E-state index in [-0.39, 0.29) is 16.6 Å². The molecule has 0 aromatic carbocycles. The van der Waals surface area contributed by atoms with Crippen LogP contribution < -0.4 is 10.9 Å². The number of nitrogens with one attached hydrogen (secondary N) is 2. The Morgan fingerprint density at radius 2 is 2.50 bits per heavy atom. The zero-order chi connectivity index (χ0) is 10.6. The maximum absolute atomic E-state index is 11.1. The summed E-state index contributed by atoms with van der Waals surface area (Å²) in [5.41, 5.74) is -0.313. The smallest absolute Gasteiger partial charge is 0.325 e. The molecule has 0 amide bonds. The molecule has 0 aliphatic heterocycles. The van der Waals surface area contributed by atoms with Crippen molar-refractivity contribution in [3.05, 3.63) is 21.2 Å². The molecule has 0 saturated carbocycles. The lowest BCUT2D eigenvalue weighted by molar-refractivity contribution is -0.138. The monoisotopic (exact) mass is 261 g/mol. The van der Waals surface area contributed by atoms with Gasteiger partial charge in [0.15, 0.2) is 0 Å². The van der Waals surface area contributed by atoms with Crippen molar-refractivity contribution in [1.82, 2.24) is 9.97 Å². The minimum atomic E-state index is -0.431. The van der Waals surface area contributed by atoms with E-state index in [1.54, 1.807) is 0 Å². The predicted octanol–water partition coefficient (Wildman–Crippen LogP) is 0.117. The molecule has 7 heteroatoms. The molecule has 2 N–H and O–H groups in total. The Bertz CT molecular complexity index is 390. The fourth-order valence-electron chi connectivity index (χ4n) is 0.734. The van der Waals surface area contributed by atoms with E-state index in [4.69, 9.17) is 0 Å². The number of anilines is 1. The summed E-state index contributed by atoms with van der Waals surface area (Å²) in [6.45, 7) is -0.0362. The van der Waals surface area contributed by atoms with Crippen LogP contribution in [0.5, 0.6) is 0 Å². The van der Waals surface area contributed by atoms with E-state index < -0.39 is 5.97 Å². The molecule has 14 heavy (non-hydrogen) atoms. The number of hydrogen-bond donors (Lipinski definition) is 2. The Balaban J connectivity index is 2.73. The van der Waals surface area contributed by atoms with Gasteiger partial charge in [0.05, 0.1) is 13.4 Å². The fourth-order valence-corrected chi connectivity index (χ4v) is 1.09. The number of hydrogen-bond acceptors (Lipinski definition) is 5. The lowest BCUT2D eigenvalue weighted by Gasteiger charge is -2.04. The molecule has 0 spiro atoms. The number of carbonyl (C=O) groups is 1. The zero-order valence-electron chi connectivity index (χ0n) is 7.33. The van der Waals surface area contributed by atoms with Gasteiger partial charge in [-0.1, -0.05) is 0 Å². The molecule has 0 saturated heterocycles. The first-order chi connectivity index (χ1) is 6.65. The zero-order valence-corrected chi connectivity index (χ0v) is 8.92. The van der Waals surface area contributed by atoms with Crippen LogP contribution in [-0.2, 0) is 9.53 Å². The van der Waals surface area contributed by atoms with Crippen molar-refractivity contribution in [2.75, 3.05) is 19.0 Å². The van der Waals surface area contributed by atoms with E-state index in [9.17, 15) is 9.59 Å². The summed E-state index contributed by atoms with van der Waals surface area (Å²) < 4.78 is 4.67. The Kier molecular flexibility index (Phi) is 3.63. The van der Waals surface area contributed by atoms with E-state index in [0.717, 1.165) is 0 Å². The topological polar surface area (TPSA) is 84.1 Å². The highest BCUT2D eigenvalue weighted by Gasteiger charge is 2.06. The molecular formula is C7H8BrN3O3. The van der Waals surface area contributed by atoms with Crippen molar-refractivity contribution in [2.24, 2.45) is 0 Å². The van der Waals surface area contributed by atoms with Gasteiger partial charge in [0, 0.05) is 0 Å². The Morgan fingerprint density at radius 3 is 3.14 bits per heavy atom. The van der Waals surface area contributed by atoms with Crippen LogP contribution in [0, 0.1) is 0 Å². The summed E-state index contributed by atoms with van der Waals surface area (Å²) in [4.78, 5) is 28.0. The molecule has 1 heterocycles. The van der Waals surface area contributed by atoms with Gasteiger partial charge < -0.3 is 15.0 Å². The number of carbonyl (C=O) groups excluding carboxylic acids is 1. The average Bonchev–Trinajstić information content (AvgIpc) is 2.20. The average molecular weight is 262 g/mol. The number of H-pyrrole nitrogens is 1. The summed E-state index contributed by atoms with van der Waals surface area (Å²) in [6, 6.07) is 0. The normalized spacial score (nSPS) is 9.57. The third-order valence-electron chi connectivity index (χ3n) is 1.42. The van der Waals surface area contributed by atoms with Crippen molar-refractivity contribution in [3.8, 4) is 0 Å². The van der Waals surface area contributed by atoms with E-state index in [1.807, 2.05) is 0 Å². The van der Waals surface area contributed by atoms with Gasteiger partial charge in [-0.15, -0.1) is 0 Å². The van der Waals surface area contributed by atoms with Gasteiger partial charge in [-0.2, -0.15) is 0 Å². The van der Waals surface area contributed by atoms with Gasteiger partial charge >= 0.3 is 5.97 Å². The molecule has 0 radical (unpaired) electrons. The highest BCUT2D eigenvalue weighted by Crippen LogP contribution is 2.12. The predicted molar refractivity (Wildman–Crippen MR) is 53.1 cm³/mol. The lowest BCUT2D eigenvalue weighted by Crippen LogP contribution is -2.18. The lowest BCUT2D eigenvalue weighted by atomic mass is 10.5. The molecule has 6 nitrogen and oxygen atoms in total. The van der Waals surface area contributed by atoms with E-state index >= 15 is 0 Å². The maximum Gasteiger partial charge on any atom is 0.325 e. The second kappa shape index (κ2) is 4.75. The number of aromatic nitrogens is 2. The number of methoxy groups -OCH3 is 1. The number of rotatable bonds is 3. The summed E-state index contributed by atoms with van der Waals surface area (Å²) in [6.07, 6.45) is 1.24. The van der Waals surface area contributed by atoms with Crippen LogP contribution in [-0.4, -0.2) is 29.6 Å². The van der Waals surface area contributed by atoms with Crippen LogP contribution in [0.25, 0.3) is 0 Å². The second-order valence-electron chi connectivity index (χ2n) is 2.32. The largest absolute Gasteiger partial charge is 0.468 e. The van der Waals surface area contributed by atoms with Crippen molar-refractivity contribution in [3.63, 3.8) is 0 Å². The summed E-state index contributed by atoms with van der Waals surface area (Å²) in [5, 5.41) is 2.65. The molecule has 0 aliphatic carbocycles. The quantitative estimate of drug-likeness (QED) is 0.756. The molecule has 1 aromatic rings. The Hall–Kier alpha value is -1.37.